The summed E-state index contributed by atoms with van der Waals surface area (Å²) in [7, 11) is 2.14. The smallest absolute Gasteiger partial charge is 0.397 e. The molecule has 0 spiro atoms. The highest BCUT2D eigenvalue weighted by Crippen LogP contribution is 2.37. The molecule has 3 unspecified atom stereocenters. The van der Waals surface area contributed by atoms with Gasteiger partial charge >= 0.3 is 6.54 Å². The Bertz CT molecular complexity index is 563. The van der Waals surface area contributed by atoms with Gasteiger partial charge in [-0.15, -0.1) is 0 Å². The van der Waals surface area contributed by atoms with Crippen molar-refractivity contribution in [2.75, 3.05) is 13.6 Å². The summed E-state index contributed by atoms with van der Waals surface area (Å²) in [5.41, 5.74) is 0.891. The van der Waals surface area contributed by atoms with E-state index >= 15 is 0 Å². The van der Waals surface area contributed by atoms with Crippen LogP contribution in [0.25, 0.3) is 0 Å². The van der Waals surface area contributed by atoms with Crippen LogP contribution in [0.4, 0.5) is 4.39 Å². The summed E-state index contributed by atoms with van der Waals surface area (Å²) in [6, 6.07) is 5.92. The minimum absolute atomic E-state index is 0.472. The maximum atomic E-state index is 12.5. The van der Waals surface area contributed by atoms with Gasteiger partial charge in [0, 0.05) is 18.9 Å². The molecule has 0 amide bonds. The summed E-state index contributed by atoms with van der Waals surface area (Å²) in [4.78, 5) is 13.5. The normalized spacial score (nSPS) is 29.8. The fourth-order valence-corrected chi connectivity index (χ4v) is 3.51. The Labute approximate surface area is 130 Å². The quantitative estimate of drug-likeness (QED) is 0.738. The van der Waals surface area contributed by atoms with E-state index in [1.807, 2.05) is 13.0 Å². The van der Waals surface area contributed by atoms with Crippen molar-refractivity contribution in [3.05, 3.63) is 23.8 Å². The first kappa shape index (κ1) is 15.3. The van der Waals surface area contributed by atoms with Crippen LogP contribution >= 0.6 is 0 Å². The number of ether oxygens (including phenoxy) is 2. The second kappa shape index (κ2) is 6.24. The number of benzene rings is 1. The molecule has 1 aromatic rings. The molecule has 120 valence electrons. The maximum absolute atomic E-state index is 12.5. The lowest BCUT2D eigenvalue weighted by molar-refractivity contribution is -0.122. The lowest BCUT2D eigenvalue weighted by atomic mass is 9.84. The number of alkyl halides is 1. The van der Waals surface area contributed by atoms with Crippen molar-refractivity contribution in [1.29, 1.82) is 0 Å². The number of halogens is 1. The average Bonchev–Trinajstić information content (AvgIpc) is 3.04. The lowest BCUT2D eigenvalue weighted by Crippen LogP contribution is -2.35. The molecule has 4 rings (SSSR count). The van der Waals surface area contributed by atoms with Gasteiger partial charge in [-0.25, -0.2) is 0 Å². The van der Waals surface area contributed by atoms with Gasteiger partial charge in [-0.2, -0.15) is 4.39 Å². The minimum Gasteiger partial charge on any atom is -0.425 e. The molecule has 2 heterocycles. The Kier molecular flexibility index (Phi) is 4.34. The number of Topliss-reactive ketones (excluding diaryl/α,β-unsaturated/α-hetero) is 1. The lowest BCUT2D eigenvalue weighted by Gasteiger charge is -2.28. The van der Waals surface area contributed by atoms with Gasteiger partial charge < -0.3 is 14.4 Å². The molecule has 2 fully saturated rings. The number of hydrogen-bond donors (Lipinski definition) is 0. The number of rotatable bonds is 0. The SMILES string of the molecule is CN1CCC2CCC(=O)CC21.Cc1cccc2c1OC(F)O2. The molecule has 0 radical (unpaired) electrons. The van der Waals surface area contributed by atoms with Gasteiger partial charge in [-0.05, 0) is 50.9 Å². The second-order valence-corrected chi connectivity index (χ2v) is 6.29. The number of likely N-dealkylation sites (tertiary alicyclic amines) is 1. The van der Waals surface area contributed by atoms with Crippen molar-refractivity contribution in [2.24, 2.45) is 5.92 Å². The summed E-state index contributed by atoms with van der Waals surface area (Å²) >= 11 is 0. The van der Waals surface area contributed by atoms with E-state index in [0.717, 1.165) is 30.7 Å². The molecule has 1 aromatic carbocycles. The van der Waals surface area contributed by atoms with Crippen LogP contribution in [0.3, 0.4) is 0 Å². The first-order valence-electron chi connectivity index (χ1n) is 7.83. The molecule has 5 heteroatoms. The summed E-state index contributed by atoms with van der Waals surface area (Å²) in [6.07, 6.45) is 4.12. The molecular weight excluding hydrogens is 285 g/mol. The number of fused-ring (bicyclic) bond motifs is 2. The number of para-hydroxylation sites is 1. The van der Waals surface area contributed by atoms with Crippen molar-refractivity contribution in [3.8, 4) is 11.5 Å². The van der Waals surface area contributed by atoms with Gasteiger partial charge in [-0.3, -0.25) is 4.79 Å². The molecule has 1 saturated carbocycles. The van der Waals surface area contributed by atoms with Crippen LogP contribution in [0, 0.1) is 12.8 Å². The Morgan fingerprint density at radius 3 is 2.86 bits per heavy atom. The highest BCUT2D eigenvalue weighted by molar-refractivity contribution is 5.80. The number of carbonyl (C=O) groups excluding carboxylic acids is 1. The number of carbonyl (C=O) groups is 1. The molecule has 0 N–H and O–H groups in total. The second-order valence-electron chi connectivity index (χ2n) is 6.29. The zero-order valence-electron chi connectivity index (χ0n) is 13.0. The third-order valence-corrected chi connectivity index (χ3v) is 4.80. The van der Waals surface area contributed by atoms with Crippen LogP contribution in [0.15, 0.2) is 18.2 Å². The largest absolute Gasteiger partial charge is 0.425 e. The predicted octanol–water partition coefficient (Wildman–Crippen LogP) is 3.08. The summed E-state index contributed by atoms with van der Waals surface area (Å²) in [5.74, 6) is 2.30. The third kappa shape index (κ3) is 3.09. The van der Waals surface area contributed by atoms with E-state index in [2.05, 4.69) is 11.9 Å². The zero-order valence-corrected chi connectivity index (χ0v) is 13.0. The molecule has 1 aliphatic carbocycles. The molecule has 1 saturated heterocycles. The molecule has 0 aromatic heterocycles. The number of ketones is 1. The van der Waals surface area contributed by atoms with Crippen molar-refractivity contribution in [2.45, 2.75) is 45.2 Å². The highest BCUT2D eigenvalue weighted by atomic mass is 19.2. The first-order chi connectivity index (χ1) is 10.5. The van der Waals surface area contributed by atoms with Crippen LogP contribution in [0.5, 0.6) is 11.5 Å². The summed E-state index contributed by atoms with van der Waals surface area (Å²) in [5, 5.41) is 0. The van der Waals surface area contributed by atoms with E-state index in [4.69, 9.17) is 9.47 Å². The summed E-state index contributed by atoms with van der Waals surface area (Å²) < 4.78 is 21.9. The van der Waals surface area contributed by atoms with Crippen LogP contribution in [-0.2, 0) is 4.79 Å². The average molecular weight is 307 g/mol. The fourth-order valence-electron chi connectivity index (χ4n) is 3.51. The summed E-state index contributed by atoms with van der Waals surface area (Å²) in [6.45, 7) is 1.41. The molecule has 3 atom stereocenters. The van der Waals surface area contributed by atoms with E-state index < -0.39 is 6.54 Å². The van der Waals surface area contributed by atoms with Crippen LogP contribution < -0.4 is 9.47 Å². The van der Waals surface area contributed by atoms with Crippen molar-refractivity contribution in [3.63, 3.8) is 0 Å². The fraction of sp³-hybridized carbons (Fsp3) is 0.588. The van der Waals surface area contributed by atoms with Gasteiger partial charge in [-0.1, -0.05) is 12.1 Å². The van der Waals surface area contributed by atoms with Crippen molar-refractivity contribution >= 4 is 5.78 Å². The Balaban J connectivity index is 0.000000131. The highest BCUT2D eigenvalue weighted by Gasteiger charge is 2.36. The van der Waals surface area contributed by atoms with Gasteiger partial charge in [0.05, 0.1) is 0 Å². The van der Waals surface area contributed by atoms with Gasteiger partial charge in [0.2, 0.25) is 0 Å². The van der Waals surface area contributed by atoms with E-state index in [1.165, 1.54) is 13.0 Å². The van der Waals surface area contributed by atoms with Crippen LogP contribution in [0.2, 0.25) is 0 Å². The van der Waals surface area contributed by atoms with E-state index in [1.54, 1.807) is 12.1 Å². The van der Waals surface area contributed by atoms with Crippen molar-refractivity contribution in [1.82, 2.24) is 4.90 Å². The molecule has 22 heavy (non-hydrogen) atoms. The predicted molar refractivity (Wildman–Crippen MR) is 80.7 cm³/mol. The monoisotopic (exact) mass is 307 g/mol. The van der Waals surface area contributed by atoms with Crippen LogP contribution in [-0.4, -0.2) is 36.9 Å². The standard InChI is InChI=1S/C9H15NO.C8H7FO2/c1-10-5-4-7-2-3-8(11)6-9(7)10;1-5-3-2-4-6-7(5)11-8(9)10-6/h7,9H,2-6H2,1H3;2-4,8H,1H3. The van der Waals surface area contributed by atoms with Gasteiger partial charge in [0.15, 0.2) is 11.5 Å². The Morgan fingerprint density at radius 1 is 1.27 bits per heavy atom. The van der Waals surface area contributed by atoms with E-state index in [0.29, 0.717) is 23.3 Å². The molecule has 4 nitrogen and oxygen atoms in total. The minimum atomic E-state index is -1.63. The molecule has 3 aliphatic rings. The molecular formula is C17H22FNO3. The third-order valence-electron chi connectivity index (χ3n) is 4.80. The molecule has 2 aliphatic heterocycles. The van der Waals surface area contributed by atoms with Gasteiger partial charge in [0.25, 0.3) is 0 Å². The van der Waals surface area contributed by atoms with E-state index in [-0.39, 0.29) is 0 Å². The van der Waals surface area contributed by atoms with E-state index in [9.17, 15) is 9.18 Å². The topological polar surface area (TPSA) is 38.8 Å². The molecule has 0 bridgehead atoms. The van der Waals surface area contributed by atoms with Gasteiger partial charge in [0.1, 0.15) is 5.78 Å². The maximum Gasteiger partial charge on any atom is 0.397 e. The number of aryl methyl sites for hydroxylation is 1. The zero-order chi connectivity index (χ0) is 15.7. The van der Waals surface area contributed by atoms with Crippen LogP contribution in [0.1, 0.15) is 31.2 Å². The first-order valence-corrected chi connectivity index (χ1v) is 7.83. The Hall–Kier alpha value is -1.62. The number of hydrogen-bond acceptors (Lipinski definition) is 4. The number of nitrogens with zero attached hydrogens (tertiary/aromatic N) is 1. The van der Waals surface area contributed by atoms with Crippen molar-refractivity contribution < 1.29 is 18.7 Å². The Morgan fingerprint density at radius 2 is 2.09 bits per heavy atom.